The van der Waals surface area contributed by atoms with Crippen molar-refractivity contribution in [2.75, 3.05) is 36.1 Å². The van der Waals surface area contributed by atoms with Crippen molar-refractivity contribution in [3.63, 3.8) is 0 Å². The minimum Gasteiger partial charge on any atom is -0.368 e. The maximum atomic E-state index is 11.6. The molecule has 0 bridgehead atoms. The molecule has 4 heterocycles. The first-order valence-electron chi connectivity index (χ1n) is 8.68. The number of anilines is 1. The van der Waals surface area contributed by atoms with E-state index in [9.17, 15) is 8.42 Å². The maximum absolute atomic E-state index is 11.6. The summed E-state index contributed by atoms with van der Waals surface area (Å²) < 4.78 is 27.7. The van der Waals surface area contributed by atoms with Crippen LogP contribution in [-0.2, 0) is 10.0 Å². The molecule has 0 aliphatic carbocycles. The Hall–Kier alpha value is -2.84. The van der Waals surface area contributed by atoms with Crippen LogP contribution in [0.25, 0.3) is 22.1 Å². The number of piperidine rings is 1. The molecule has 11 heteroatoms. The van der Waals surface area contributed by atoms with E-state index in [-0.39, 0.29) is 5.92 Å². The summed E-state index contributed by atoms with van der Waals surface area (Å²) in [5.41, 5.74) is 8.63. The molecule has 142 valence electrons. The summed E-state index contributed by atoms with van der Waals surface area (Å²) in [6.45, 7) is 1.81. The largest absolute Gasteiger partial charge is 0.368 e. The average molecular weight is 388 g/mol. The van der Waals surface area contributed by atoms with E-state index in [4.69, 9.17) is 11.0 Å². The fourth-order valence-electron chi connectivity index (χ4n) is 3.56. The Morgan fingerprint density at radius 2 is 2.19 bits per heavy atom. The number of nitrogens with one attached hydrogen (secondary N) is 2. The van der Waals surface area contributed by atoms with Crippen molar-refractivity contribution < 1.29 is 8.42 Å². The molecule has 1 fully saturated rings. The molecule has 1 aliphatic rings. The van der Waals surface area contributed by atoms with E-state index in [1.165, 1.54) is 0 Å². The van der Waals surface area contributed by atoms with Crippen molar-refractivity contribution in [2.45, 2.75) is 12.8 Å². The van der Waals surface area contributed by atoms with Crippen LogP contribution in [0.2, 0.25) is 0 Å². The zero-order chi connectivity index (χ0) is 19.0. The molecule has 0 amide bonds. The summed E-state index contributed by atoms with van der Waals surface area (Å²) in [7, 11) is -3.51. The number of nitrogens with two attached hydrogens (primary N) is 1. The molecule has 3 aromatic rings. The predicted molar refractivity (Wildman–Crippen MR) is 102 cm³/mol. The molecular formula is C16H20N8O2S. The number of imidazole rings is 1. The lowest BCUT2D eigenvalue weighted by Gasteiger charge is -2.34. The lowest BCUT2D eigenvalue weighted by molar-refractivity contribution is 0.366. The minimum atomic E-state index is -3.51. The van der Waals surface area contributed by atoms with Gasteiger partial charge >= 0.3 is 0 Å². The smallest absolute Gasteiger partial charge is 0.225 e. The summed E-state index contributed by atoms with van der Waals surface area (Å²) in [5.74, 6) is 0.123. The first-order chi connectivity index (χ1) is 13.0. The van der Waals surface area contributed by atoms with E-state index < -0.39 is 15.8 Å². The van der Waals surface area contributed by atoms with Crippen LogP contribution in [-0.4, -0.2) is 53.4 Å². The highest BCUT2D eigenvalue weighted by Gasteiger charge is 2.24. The van der Waals surface area contributed by atoms with E-state index in [0.29, 0.717) is 12.5 Å². The van der Waals surface area contributed by atoms with Gasteiger partial charge in [-0.05, 0) is 24.8 Å². The Morgan fingerprint density at radius 3 is 2.93 bits per heavy atom. The molecule has 4 rings (SSSR count). The number of nitriles is 1. The van der Waals surface area contributed by atoms with Crippen LogP contribution in [0.4, 0.5) is 5.95 Å². The molecule has 3 aromatic heterocycles. The highest BCUT2D eigenvalue weighted by Crippen LogP contribution is 2.27. The molecular weight excluding hydrogens is 368 g/mol. The summed E-state index contributed by atoms with van der Waals surface area (Å²) in [4.78, 5) is 11.9. The van der Waals surface area contributed by atoms with Crippen LogP contribution in [0.3, 0.4) is 0 Å². The highest BCUT2D eigenvalue weighted by atomic mass is 32.2. The van der Waals surface area contributed by atoms with Gasteiger partial charge in [0.25, 0.3) is 0 Å². The first-order valence-corrected chi connectivity index (χ1v) is 10.3. The van der Waals surface area contributed by atoms with Gasteiger partial charge in [0, 0.05) is 31.2 Å². The third-order valence-corrected chi connectivity index (χ3v) is 6.04. The molecule has 4 N–H and O–H groups in total. The van der Waals surface area contributed by atoms with E-state index in [1.807, 2.05) is 16.9 Å². The summed E-state index contributed by atoms with van der Waals surface area (Å²) in [6, 6.07) is 3.62. The number of hydrogen-bond acceptors (Lipinski definition) is 7. The molecule has 0 radical (unpaired) electrons. The van der Waals surface area contributed by atoms with E-state index in [1.54, 1.807) is 12.3 Å². The third-order valence-electron chi connectivity index (χ3n) is 4.92. The van der Waals surface area contributed by atoms with Gasteiger partial charge in [0.05, 0.1) is 12.3 Å². The van der Waals surface area contributed by atoms with Crippen LogP contribution in [0.5, 0.6) is 0 Å². The predicted octanol–water partition coefficient (Wildman–Crippen LogP) is 0.286. The van der Waals surface area contributed by atoms with Crippen LogP contribution in [0.15, 0.2) is 18.5 Å². The molecule has 1 aliphatic heterocycles. The van der Waals surface area contributed by atoms with Gasteiger partial charge in [-0.3, -0.25) is 0 Å². The lowest BCUT2D eigenvalue weighted by atomic mass is 9.98. The third kappa shape index (κ3) is 3.29. The lowest BCUT2D eigenvalue weighted by Crippen LogP contribution is -2.44. The van der Waals surface area contributed by atoms with E-state index in [0.717, 1.165) is 48.0 Å². The molecule has 27 heavy (non-hydrogen) atoms. The molecule has 0 atom stereocenters. The Labute approximate surface area is 156 Å². The summed E-state index contributed by atoms with van der Waals surface area (Å²) in [6.07, 6.45) is 5.17. The fourth-order valence-corrected chi connectivity index (χ4v) is 4.33. The number of sulfonamides is 1. The maximum Gasteiger partial charge on any atom is 0.225 e. The van der Waals surface area contributed by atoms with Crippen molar-refractivity contribution in [2.24, 2.45) is 5.92 Å². The topological polar surface area (TPSA) is 146 Å². The van der Waals surface area contributed by atoms with Crippen molar-refractivity contribution in [3.05, 3.63) is 18.5 Å². The van der Waals surface area contributed by atoms with Gasteiger partial charge in [-0.25, -0.2) is 27.8 Å². The molecule has 0 spiro atoms. The van der Waals surface area contributed by atoms with Crippen LogP contribution < -0.4 is 15.5 Å². The number of aromatic nitrogens is 4. The number of H-pyrrole nitrogens is 1. The van der Waals surface area contributed by atoms with Gasteiger partial charge < -0.3 is 15.7 Å². The Kier molecular flexibility index (Phi) is 4.37. The number of fused-ring (bicyclic) bond motifs is 3. The Bertz CT molecular complexity index is 1120. The quantitative estimate of drug-likeness (QED) is 0.569. The van der Waals surface area contributed by atoms with Crippen molar-refractivity contribution >= 4 is 38.0 Å². The molecule has 0 aromatic carbocycles. The normalized spacial score (nSPS) is 16.2. The number of nitrogens with zero attached hydrogens (tertiary/aromatic N) is 5. The highest BCUT2D eigenvalue weighted by molar-refractivity contribution is 7.89. The Balaban J connectivity index is 1.51. The van der Waals surface area contributed by atoms with Crippen LogP contribution in [0, 0.1) is 17.2 Å². The standard InChI is InChI=1S/C16H20N8O2S/c17-4-8-27(25,26)21-9-11-2-6-23(7-3-11)24-14-12-1-5-19-15(12)20-10-13(14)22-16(24)18/h1,5,10-11,21H,2-3,6-9H2,(H2,18,22)(H,19,20). The second-order valence-corrected chi connectivity index (χ2v) is 8.48. The van der Waals surface area contributed by atoms with Gasteiger partial charge in [-0.15, -0.1) is 0 Å². The number of pyridine rings is 1. The number of rotatable bonds is 5. The second kappa shape index (κ2) is 6.71. The number of aromatic amines is 1. The SMILES string of the molecule is N#CCS(=O)(=O)NCC1CCN(n2c(N)nc3cnc4[nH]ccc4c32)CC1. The average Bonchev–Trinajstić information content (AvgIpc) is 3.23. The van der Waals surface area contributed by atoms with Gasteiger partial charge in [0.1, 0.15) is 16.7 Å². The summed E-state index contributed by atoms with van der Waals surface area (Å²) >= 11 is 0. The van der Waals surface area contributed by atoms with Gasteiger partial charge in [-0.2, -0.15) is 5.26 Å². The van der Waals surface area contributed by atoms with Gasteiger partial charge in [0.15, 0.2) is 5.75 Å². The number of nitrogen functional groups attached to an aromatic ring is 1. The van der Waals surface area contributed by atoms with E-state index >= 15 is 0 Å². The Morgan fingerprint density at radius 1 is 1.41 bits per heavy atom. The molecule has 0 unspecified atom stereocenters. The fraction of sp³-hybridized carbons (Fsp3) is 0.438. The van der Waals surface area contributed by atoms with Crippen molar-refractivity contribution in [1.82, 2.24) is 24.4 Å². The van der Waals surface area contributed by atoms with Crippen LogP contribution >= 0.6 is 0 Å². The first kappa shape index (κ1) is 17.6. The second-order valence-electron chi connectivity index (χ2n) is 6.68. The van der Waals surface area contributed by atoms with E-state index in [2.05, 4.69) is 24.7 Å². The molecule has 1 saturated heterocycles. The van der Waals surface area contributed by atoms with Gasteiger partial charge in [-0.1, -0.05) is 0 Å². The summed E-state index contributed by atoms with van der Waals surface area (Å²) in [5, 5.41) is 11.6. The minimum absolute atomic E-state index is 0.222. The van der Waals surface area contributed by atoms with Crippen molar-refractivity contribution in [3.8, 4) is 6.07 Å². The zero-order valence-electron chi connectivity index (χ0n) is 14.6. The van der Waals surface area contributed by atoms with Gasteiger partial charge in [0.2, 0.25) is 16.0 Å². The van der Waals surface area contributed by atoms with Crippen molar-refractivity contribution in [1.29, 1.82) is 5.26 Å². The number of hydrogen-bond donors (Lipinski definition) is 3. The van der Waals surface area contributed by atoms with Crippen LogP contribution in [0.1, 0.15) is 12.8 Å². The monoisotopic (exact) mass is 388 g/mol. The molecule has 10 nitrogen and oxygen atoms in total. The molecule has 0 saturated carbocycles. The zero-order valence-corrected chi connectivity index (χ0v) is 15.4.